The summed E-state index contributed by atoms with van der Waals surface area (Å²) in [6.45, 7) is 6.36. The van der Waals surface area contributed by atoms with E-state index in [4.69, 9.17) is 0 Å². The third-order valence-corrected chi connectivity index (χ3v) is 6.23. The zero-order valence-electron chi connectivity index (χ0n) is 19.5. The molecule has 5 nitrogen and oxygen atoms in total. The van der Waals surface area contributed by atoms with E-state index in [0.29, 0.717) is 22.3 Å². The molecule has 4 aromatic rings. The SMILES string of the molecule is CN1Cc2cc(Nc3ncnc4cc(-c5ncccc5C(F)(F)F)ccc34)ccc2C(C)(C)C1.Cl. The van der Waals surface area contributed by atoms with Crippen molar-refractivity contribution in [2.75, 3.05) is 18.9 Å². The number of nitrogens with one attached hydrogen (secondary N) is 1. The molecule has 0 fully saturated rings. The number of rotatable bonds is 3. The number of fused-ring (bicyclic) bond motifs is 2. The topological polar surface area (TPSA) is 53.9 Å². The molecule has 1 aliphatic heterocycles. The molecule has 3 heterocycles. The molecule has 0 radical (unpaired) electrons. The highest BCUT2D eigenvalue weighted by Gasteiger charge is 2.34. The van der Waals surface area contributed by atoms with E-state index in [1.54, 1.807) is 18.2 Å². The third-order valence-electron chi connectivity index (χ3n) is 6.23. The molecule has 0 aliphatic carbocycles. The van der Waals surface area contributed by atoms with Crippen molar-refractivity contribution in [3.8, 4) is 11.3 Å². The van der Waals surface area contributed by atoms with Crippen LogP contribution in [-0.4, -0.2) is 33.4 Å². The summed E-state index contributed by atoms with van der Waals surface area (Å²) in [6.07, 6.45) is -1.73. The summed E-state index contributed by atoms with van der Waals surface area (Å²) >= 11 is 0. The lowest BCUT2D eigenvalue weighted by atomic mass is 9.78. The number of aromatic nitrogens is 3. The van der Waals surface area contributed by atoms with Crippen molar-refractivity contribution in [1.82, 2.24) is 19.9 Å². The number of alkyl halides is 3. The third kappa shape index (κ3) is 4.81. The zero-order chi connectivity index (χ0) is 24.1. The Morgan fingerprint density at radius 2 is 1.80 bits per heavy atom. The van der Waals surface area contributed by atoms with Crippen LogP contribution in [0.3, 0.4) is 0 Å². The van der Waals surface area contributed by atoms with Crippen molar-refractivity contribution in [2.45, 2.75) is 32.0 Å². The van der Waals surface area contributed by atoms with Crippen LogP contribution in [0.1, 0.15) is 30.5 Å². The van der Waals surface area contributed by atoms with E-state index in [0.717, 1.165) is 24.8 Å². The Balaban J connectivity index is 0.00000289. The van der Waals surface area contributed by atoms with Crippen LogP contribution in [0.5, 0.6) is 0 Å². The van der Waals surface area contributed by atoms with Crippen molar-refractivity contribution < 1.29 is 13.2 Å². The number of hydrogen-bond acceptors (Lipinski definition) is 5. The fourth-order valence-corrected chi connectivity index (χ4v) is 4.87. The highest BCUT2D eigenvalue weighted by Crippen LogP contribution is 2.38. The number of anilines is 2. The summed E-state index contributed by atoms with van der Waals surface area (Å²) in [4.78, 5) is 15.0. The minimum atomic E-state index is -4.49. The van der Waals surface area contributed by atoms with Gasteiger partial charge in [0.05, 0.1) is 16.8 Å². The Hall–Kier alpha value is -3.23. The second-order valence-electron chi connectivity index (χ2n) is 9.40. The predicted molar refractivity (Wildman–Crippen MR) is 134 cm³/mol. The van der Waals surface area contributed by atoms with E-state index in [1.807, 2.05) is 6.07 Å². The first-order valence-corrected chi connectivity index (χ1v) is 11.0. The van der Waals surface area contributed by atoms with Crippen molar-refractivity contribution in [3.05, 3.63) is 77.7 Å². The van der Waals surface area contributed by atoms with Crippen LogP contribution in [0.25, 0.3) is 22.2 Å². The molecule has 2 aromatic carbocycles. The molecule has 0 saturated heterocycles. The van der Waals surface area contributed by atoms with Crippen LogP contribution in [0.2, 0.25) is 0 Å². The van der Waals surface area contributed by atoms with Gasteiger partial charge in [-0.25, -0.2) is 9.97 Å². The highest BCUT2D eigenvalue weighted by molar-refractivity contribution is 5.93. The van der Waals surface area contributed by atoms with E-state index in [1.165, 1.54) is 29.7 Å². The molecular weight excluding hydrogens is 475 g/mol. The first-order chi connectivity index (χ1) is 16.1. The van der Waals surface area contributed by atoms with Crippen LogP contribution in [0.15, 0.2) is 61.1 Å². The van der Waals surface area contributed by atoms with Gasteiger partial charge in [0.15, 0.2) is 0 Å². The number of hydrogen-bond donors (Lipinski definition) is 1. The number of pyridine rings is 1. The summed E-state index contributed by atoms with van der Waals surface area (Å²) in [6, 6.07) is 13.6. The van der Waals surface area contributed by atoms with E-state index in [-0.39, 0.29) is 23.5 Å². The standard InChI is InChI=1S/C26H24F3N5.ClH/c1-25(2)14-34(3)13-17-11-18(7-9-20(17)25)33-24-19-8-6-16(12-22(19)31-15-32-24)23-21(26(27,28)29)5-4-10-30-23;/h4-12,15H,13-14H2,1-3H3,(H,31,32,33);1H. The quantitative estimate of drug-likeness (QED) is 0.344. The maximum atomic E-state index is 13.5. The molecule has 182 valence electrons. The highest BCUT2D eigenvalue weighted by atomic mass is 35.5. The molecule has 0 amide bonds. The van der Waals surface area contributed by atoms with Gasteiger partial charge in [-0.2, -0.15) is 13.2 Å². The van der Waals surface area contributed by atoms with Crippen LogP contribution in [-0.2, 0) is 18.1 Å². The maximum absolute atomic E-state index is 13.5. The van der Waals surface area contributed by atoms with Gasteiger partial charge in [0.1, 0.15) is 12.1 Å². The first kappa shape index (κ1) is 24.9. The summed E-state index contributed by atoms with van der Waals surface area (Å²) < 4.78 is 40.4. The monoisotopic (exact) mass is 499 g/mol. The van der Waals surface area contributed by atoms with Crippen LogP contribution in [0, 0.1) is 0 Å². The lowest BCUT2D eigenvalue weighted by Gasteiger charge is -2.38. The van der Waals surface area contributed by atoms with Crippen LogP contribution in [0.4, 0.5) is 24.7 Å². The molecule has 1 aliphatic rings. The minimum Gasteiger partial charge on any atom is -0.340 e. The van der Waals surface area contributed by atoms with Crippen LogP contribution < -0.4 is 5.32 Å². The minimum absolute atomic E-state index is 0. The Kier molecular flexibility index (Phi) is 6.46. The van der Waals surface area contributed by atoms with Crippen molar-refractivity contribution >= 4 is 34.8 Å². The normalized spacial score (nSPS) is 15.4. The van der Waals surface area contributed by atoms with Gasteiger partial charge < -0.3 is 10.2 Å². The molecule has 9 heteroatoms. The van der Waals surface area contributed by atoms with Crippen molar-refractivity contribution in [2.24, 2.45) is 0 Å². The van der Waals surface area contributed by atoms with Gasteiger partial charge in [0, 0.05) is 41.3 Å². The maximum Gasteiger partial charge on any atom is 0.418 e. The summed E-state index contributed by atoms with van der Waals surface area (Å²) in [5.74, 6) is 0.594. The Bertz CT molecular complexity index is 1390. The molecule has 0 unspecified atom stereocenters. The van der Waals surface area contributed by atoms with Gasteiger partial charge in [-0.15, -0.1) is 12.4 Å². The van der Waals surface area contributed by atoms with Crippen LogP contribution >= 0.6 is 12.4 Å². The van der Waals surface area contributed by atoms with Gasteiger partial charge in [0.25, 0.3) is 0 Å². The van der Waals surface area contributed by atoms with Gasteiger partial charge in [-0.3, -0.25) is 4.98 Å². The number of halogens is 4. The summed E-state index contributed by atoms with van der Waals surface area (Å²) in [5.41, 5.74) is 3.56. The van der Waals surface area contributed by atoms with E-state index in [9.17, 15) is 13.2 Å². The average molecular weight is 500 g/mol. The van der Waals surface area contributed by atoms with E-state index in [2.05, 4.69) is 58.2 Å². The molecule has 1 N–H and O–H groups in total. The van der Waals surface area contributed by atoms with Crippen molar-refractivity contribution in [1.29, 1.82) is 0 Å². The molecule has 0 bridgehead atoms. The number of likely N-dealkylation sites (N-methyl/N-ethyl adjacent to an activating group) is 1. The molecule has 0 saturated carbocycles. The molecule has 0 atom stereocenters. The number of nitrogens with zero attached hydrogens (tertiary/aromatic N) is 4. The van der Waals surface area contributed by atoms with Gasteiger partial charge in [-0.05, 0) is 54.6 Å². The van der Waals surface area contributed by atoms with Crippen molar-refractivity contribution in [3.63, 3.8) is 0 Å². The lowest BCUT2D eigenvalue weighted by Crippen LogP contribution is -2.39. The molecule has 35 heavy (non-hydrogen) atoms. The largest absolute Gasteiger partial charge is 0.418 e. The zero-order valence-corrected chi connectivity index (χ0v) is 20.3. The van der Waals surface area contributed by atoms with Gasteiger partial charge in [-0.1, -0.05) is 26.0 Å². The molecular formula is C26H25ClF3N5. The second-order valence-corrected chi connectivity index (χ2v) is 9.40. The predicted octanol–water partition coefficient (Wildman–Crippen LogP) is 6.60. The summed E-state index contributed by atoms with van der Waals surface area (Å²) in [7, 11) is 2.12. The number of benzene rings is 2. The lowest BCUT2D eigenvalue weighted by molar-refractivity contribution is -0.137. The summed E-state index contributed by atoms with van der Waals surface area (Å²) in [5, 5.41) is 4.08. The van der Waals surface area contributed by atoms with E-state index < -0.39 is 11.7 Å². The molecule has 5 rings (SSSR count). The molecule has 0 spiro atoms. The average Bonchev–Trinajstić information content (AvgIpc) is 2.77. The Morgan fingerprint density at radius 3 is 2.57 bits per heavy atom. The fraction of sp³-hybridized carbons (Fsp3) is 0.269. The Labute approximate surface area is 207 Å². The smallest absolute Gasteiger partial charge is 0.340 e. The second kappa shape index (κ2) is 9.09. The fourth-order valence-electron chi connectivity index (χ4n) is 4.87. The first-order valence-electron chi connectivity index (χ1n) is 11.0. The Morgan fingerprint density at radius 1 is 1.00 bits per heavy atom. The van der Waals surface area contributed by atoms with Gasteiger partial charge >= 0.3 is 6.18 Å². The molecule has 2 aromatic heterocycles. The van der Waals surface area contributed by atoms with E-state index >= 15 is 0 Å². The van der Waals surface area contributed by atoms with Gasteiger partial charge in [0.2, 0.25) is 0 Å².